The third-order valence-corrected chi connectivity index (χ3v) is 2.89. The van der Waals surface area contributed by atoms with Crippen LogP contribution in [0.15, 0.2) is 0 Å². The Kier molecular flexibility index (Phi) is 3.14. The fraction of sp³-hybridized carbons (Fsp3) is 1.00. The van der Waals surface area contributed by atoms with Gasteiger partial charge in [0, 0.05) is 6.04 Å². The van der Waals surface area contributed by atoms with Gasteiger partial charge in [-0.2, -0.15) is 13.2 Å². The fourth-order valence-electron chi connectivity index (χ4n) is 1.51. The first kappa shape index (κ1) is 11.1. The van der Waals surface area contributed by atoms with Gasteiger partial charge in [0.15, 0.2) is 5.60 Å². The molecule has 0 amide bonds. The zero-order valence-electron chi connectivity index (χ0n) is 6.93. The van der Waals surface area contributed by atoms with Crippen molar-refractivity contribution in [1.82, 2.24) is 4.72 Å². The Bertz CT molecular complexity index is 177. The van der Waals surface area contributed by atoms with Gasteiger partial charge >= 0.3 is 6.18 Å². The number of hydrogen-bond acceptors (Lipinski definition) is 3. The number of hydrogen-bond donors (Lipinski definition) is 3. The summed E-state index contributed by atoms with van der Waals surface area (Å²) in [6.45, 7) is 0. The summed E-state index contributed by atoms with van der Waals surface area (Å²) in [6.07, 6.45) is -4.38. The van der Waals surface area contributed by atoms with Crippen LogP contribution in [0.25, 0.3) is 0 Å². The first-order valence-electron chi connectivity index (χ1n) is 4.08. The SMILES string of the molecule is OC1(C(F)(F)F)CCC(NS)CC1. The van der Waals surface area contributed by atoms with E-state index in [2.05, 4.69) is 17.5 Å². The minimum absolute atomic E-state index is 0.0223. The number of aliphatic hydroxyl groups is 1. The number of halogens is 3. The Morgan fingerprint density at radius 1 is 1.31 bits per heavy atom. The molecule has 0 atom stereocenters. The van der Waals surface area contributed by atoms with Gasteiger partial charge < -0.3 is 5.11 Å². The van der Waals surface area contributed by atoms with Gasteiger partial charge in [-0.05, 0) is 25.7 Å². The van der Waals surface area contributed by atoms with Crippen LogP contribution in [0.3, 0.4) is 0 Å². The second-order valence-corrected chi connectivity index (χ2v) is 3.69. The Morgan fingerprint density at radius 2 is 1.77 bits per heavy atom. The second-order valence-electron chi connectivity index (χ2n) is 3.43. The van der Waals surface area contributed by atoms with Gasteiger partial charge in [0.1, 0.15) is 0 Å². The van der Waals surface area contributed by atoms with E-state index >= 15 is 0 Å². The Morgan fingerprint density at radius 3 is 2.08 bits per heavy atom. The second kappa shape index (κ2) is 3.67. The van der Waals surface area contributed by atoms with E-state index in [0.717, 1.165) is 0 Å². The zero-order chi connectivity index (χ0) is 10.1. The summed E-state index contributed by atoms with van der Waals surface area (Å²) in [6, 6.07) is -0.0223. The molecule has 0 aliphatic heterocycles. The van der Waals surface area contributed by atoms with Crippen molar-refractivity contribution in [2.75, 3.05) is 0 Å². The fourth-order valence-corrected chi connectivity index (χ4v) is 1.77. The Labute approximate surface area is 80.1 Å². The Hall–Kier alpha value is 0.0600. The molecule has 1 aliphatic carbocycles. The molecule has 0 unspecified atom stereocenters. The molecule has 2 nitrogen and oxygen atoms in total. The molecule has 0 spiro atoms. The average molecular weight is 215 g/mol. The minimum Gasteiger partial charge on any atom is -0.380 e. The van der Waals surface area contributed by atoms with Crippen molar-refractivity contribution >= 4 is 12.8 Å². The molecule has 0 radical (unpaired) electrons. The van der Waals surface area contributed by atoms with Crippen LogP contribution in [0.1, 0.15) is 25.7 Å². The van der Waals surface area contributed by atoms with Crippen LogP contribution >= 0.6 is 12.8 Å². The monoisotopic (exact) mass is 215 g/mol. The summed E-state index contributed by atoms with van der Waals surface area (Å²) < 4.78 is 39.4. The first-order chi connectivity index (χ1) is 5.89. The number of nitrogens with one attached hydrogen (secondary N) is 1. The van der Waals surface area contributed by atoms with Gasteiger partial charge in [-0.3, -0.25) is 4.72 Å². The van der Waals surface area contributed by atoms with Gasteiger partial charge in [-0.25, -0.2) is 0 Å². The number of rotatable bonds is 1. The molecule has 0 saturated heterocycles. The van der Waals surface area contributed by atoms with Crippen molar-refractivity contribution in [2.45, 2.75) is 43.5 Å². The molecule has 0 aromatic carbocycles. The third-order valence-electron chi connectivity index (χ3n) is 2.52. The number of alkyl halides is 3. The quantitative estimate of drug-likeness (QED) is 0.581. The van der Waals surface area contributed by atoms with E-state index in [1.54, 1.807) is 0 Å². The molecule has 1 saturated carbocycles. The average Bonchev–Trinajstić information content (AvgIpc) is 2.04. The Balaban J connectivity index is 2.57. The summed E-state index contributed by atoms with van der Waals surface area (Å²) in [5, 5.41) is 9.24. The van der Waals surface area contributed by atoms with Crippen LogP contribution in [0, 0.1) is 0 Å². The highest BCUT2D eigenvalue weighted by atomic mass is 32.1. The molecule has 0 heterocycles. The van der Waals surface area contributed by atoms with Crippen LogP contribution in [-0.4, -0.2) is 22.9 Å². The summed E-state index contributed by atoms with van der Waals surface area (Å²) in [5.74, 6) is 0. The largest absolute Gasteiger partial charge is 0.417 e. The van der Waals surface area contributed by atoms with Crippen molar-refractivity contribution in [3.63, 3.8) is 0 Å². The topological polar surface area (TPSA) is 32.3 Å². The van der Waals surface area contributed by atoms with E-state index in [1.807, 2.05) is 0 Å². The summed E-state index contributed by atoms with van der Waals surface area (Å²) in [5.41, 5.74) is -2.48. The van der Waals surface area contributed by atoms with E-state index in [4.69, 9.17) is 0 Å². The van der Waals surface area contributed by atoms with E-state index in [-0.39, 0.29) is 18.9 Å². The van der Waals surface area contributed by atoms with Crippen molar-refractivity contribution in [2.24, 2.45) is 0 Å². The maximum absolute atomic E-state index is 12.3. The zero-order valence-corrected chi connectivity index (χ0v) is 7.83. The van der Waals surface area contributed by atoms with Gasteiger partial charge in [-0.15, -0.1) is 0 Å². The van der Waals surface area contributed by atoms with Crippen LogP contribution in [0.5, 0.6) is 0 Å². The molecule has 0 aromatic rings. The van der Waals surface area contributed by atoms with Crippen LogP contribution in [-0.2, 0) is 0 Å². The predicted molar refractivity (Wildman–Crippen MR) is 45.4 cm³/mol. The maximum atomic E-state index is 12.3. The minimum atomic E-state index is -4.51. The highest BCUT2D eigenvalue weighted by Gasteiger charge is 2.54. The van der Waals surface area contributed by atoms with Crippen LogP contribution < -0.4 is 4.72 Å². The van der Waals surface area contributed by atoms with Crippen LogP contribution in [0.4, 0.5) is 13.2 Å². The number of thiol groups is 1. The molecule has 78 valence electrons. The molecule has 1 fully saturated rings. The first-order valence-corrected chi connectivity index (χ1v) is 4.52. The molecule has 0 aromatic heterocycles. The third kappa shape index (κ3) is 2.30. The van der Waals surface area contributed by atoms with E-state index in [1.165, 1.54) is 0 Å². The molecule has 1 rings (SSSR count). The van der Waals surface area contributed by atoms with Gasteiger partial charge in [-0.1, -0.05) is 12.8 Å². The normalized spacial score (nSPS) is 36.2. The molecule has 1 aliphatic rings. The van der Waals surface area contributed by atoms with Crippen molar-refractivity contribution in [1.29, 1.82) is 0 Å². The molecular formula is C7H12F3NOS. The van der Waals surface area contributed by atoms with E-state index < -0.39 is 11.8 Å². The molecule has 2 N–H and O–H groups in total. The van der Waals surface area contributed by atoms with Crippen molar-refractivity contribution in [3.05, 3.63) is 0 Å². The molecule has 0 bridgehead atoms. The molecule has 6 heteroatoms. The van der Waals surface area contributed by atoms with Crippen molar-refractivity contribution < 1.29 is 18.3 Å². The lowest BCUT2D eigenvalue weighted by atomic mass is 9.82. The van der Waals surface area contributed by atoms with Crippen LogP contribution in [0.2, 0.25) is 0 Å². The van der Waals surface area contributed by atoms with E-state index in [0.29, 0.717) is 12.8 Å². The molecular weight excluding hydrogens is 203 g/mol. The van der Waals surface area contributed by atoms with Gasteiger partial charge in [0.2, 0.25) is 0 Å². The standard InChI is InChI=1S/C7H12F3NOS/c8-7(9,10)6(12)3-1-5(11-13)2-4-6/h5,11-13H,1-4H2. The smallest absolute Gasteiger partial charge is 0.380 e. The predicted octanol–water partition coefficient (Wildman–Crippen LogP) is 1.66. The summed E-state index contributed by atoms with van der Waals surface area (Å²) in [4.78, 5) is 0. The summed E-state index contributed by atoms with van der Waals surface area (Å²) in [7, 11) is 0. The lowest BCUT2D eigenvalue weighted by molar-refractivity contribution is -0.270. The maximum Gasteiger partial charge on any atom is 0.417 e. The van der Waals surface area contributed by atoms with Gasteiger partial charge in [0.05, 0.1) is 0 Å². The highest BCUT2D eigenvalue weighted by Crippen LogP contribution is 2.41. The van der Waals surface area contributed by atoms with Gasteiger partial charge in [0.25, 0.3) is 0 Å². The van der Waals surface area contributed by atoms with E-state index in [9.17, 15) is 18.3 Å². The molecule has 13 heavy (non-hydrogen) atoms. The summed E-state index contributed by atoms with van der Waals surface area (Å²) >= 11 is 3.78. The lowest BCUT2D eigenvalue weighted by Crippen LogP contribution is -2.49. The lowest BCUT2D eigenvalue weighted by Gasteiger charge is -2.36. The highest BCUT2D eigenvalue weighted by molar-refractivity contribution is 7.78. The van der Waals surface area contributed by atoms with Crippen molar-refractivity contribution in [3.8, 4) is 0 Å².